The van der Waals surface area contributed by atoms with E-state index in [0.29, 0.717) is 5.92 Å². The summed E-state index contributed by atoms with van der Waals surface area (Å²) in [5.74, 6) is 1.34. The number of nitrogens with one attached hydrogen (secondary N) is 1. The molecule has 0 amide bonds. The lowest BCUT2D eigenvalue weighted by Crippen LogP contribution is -2.22. The minimum Gasteiger partial charge on any atom is -0.367 e. The summed E-state index contributed by atoms with van der Waals surface area (Å²) >= 11 is 6.42. The Labute approximate surface area is 176 Å². The van der Waals surface area contributed by atoms with E-state index < -0.39 is 0 Å². The zero-order valence-electron chi connectivity index (χ0n) is 17.1. The maximum absolute atomic E-state index is 6.42. The van der Waals surface area contributed by atoms with Gasteiger partial charge in [-0.25, -0.2) is 9.97 Å². The van der Waals surface area contributed by atoms with Crippen LogP contribution in [0.15, 0.2) is 61.1 Å². The monoisotopic (exact) mass is 404 g/mol. The summed E-state index contributed by atoms with van der Waals surface area (Å²) in [5.41, 5.74) is 5.12. The first-order valence-corrected chi connectivity index (χ1v) is 10.3. The average Bonchev–Trinajstić information content (AvgIpc) is 3.11. The topological polar surface area (TPSA) is 42.7 Å². The summed E-state index contributed by atoms with van der Waals surface area (Å²) in [4.78, 5) is 9.23. The molecule has 2 heterocycles. The molecule has 4 rings (SSSR count). The Balaban J connectivity index is 1.97. The molecule has 0 spiro atoms. The molecule has 0 bridgehead atoms. The molecule has 29 heavy (non-hydrogen) atoms. The van der Waals surface area contributed by atoms with Gasteiger partial charge in [-0.15, -0.1) is 0 Å². The molecular weight excluding hydrogens is 380 g/mol. The molecule has 0 saturated heterocycles. The maximum atomic E-state index is 6.42. The highest BCUT2D eigenvalue weighted by Gasteiger charge is 2.19. The zero-order valence-corrected chi connectivity index (χ0v) is 17.9. The minimum atomic E-state index is 0.286. The summed E-state index contributed by atoms with van der Waals surface area (Å²) < 4.78 is 2.09. The van der Waals surface area contributed by atoms with Crippen LogP contribution in [-0.4, -0.2) is 20.6 Å². The van der Waals surface area contributed by atoms with Gasteiger partial charge in [0.1, 0.15) is 12.1 Å². The van der Waals surface area contributed by atoms with E-state index in [0.717, 1.165) is 44.3 Å². The van der Waals surface area contributed by atoms with Crippen molar-refractivity contribution in [1.29, 1.82) is 0 Å². The van der Waals surface area contributed by atoms with Crippen LogP contribution < -0.4 is 5.32 Å². The lowest BCUT2D eigenvalue weighted by Gasteiger charge is -2.19. The quantitative estimate of drug-likeness (QED) is 0.412. The Bertz CT molecular complexity index is 1150. The number of fused-ring (bicyclic) bond motifs is 1. The number of hydrogen-bond acceptors (Lipinski definition) is 3. The first kappa shape index (κ1) is 19.5. The normalized spacial score (nSPS) is 12.5. The van der Waals surface area contributed by atoms with Crippen LogP contribution in [0.5, 0.6) is 0 Å². The predicted molar refractivity (Wildman–Crippen MR) is 122 cm³/mol. The minimum absolute atomic E-state index is 0.286. The fraction of sp³-hybridized carbons (Fsp3) is 0.250. The Morgan fingerprint density at radius 3 is 2.45 bits per heavy atom. The standard InChI is InChI=1S/C24H25ClN4/c1-15(2)17(4)28-23-22-20(18-8-6-5-7-9-18)13-29(24(22)27-14-26-23)19-11-10-16(3)21(25)12-19/h5-15,17H,1-4H3,(H,26,27,28)/t17-/m1/s1. The SMILES string of the molecule is Cc1ccc(-n2cc(-c3ccccc3)c3c(N[C@H](C)C(C)C)ncnc32)cc1Cl. The van der Waals surface area contributed by atoms with E-state index in [1.807, 2.05) is 25.1 Å². The van der Waals surface area contributed by atoms with Crippen LogP contribution in [0.25, 0.3) is 27.8 Å². The lowest BCUT2D eigenvalue weighted by molar-refractivity contribution is 0.559. The van der Waals surface area contributed by atoms with E-state index in [4.69, 9.17) is 11.6 Å². The van der Waals surface area contributed by atoms with E-state index in [-0.39, 0.29) is 6.04 Å². The second-order valence-corrected chi connectivity index (χ2v) is 8.22. The highest BCUT2D eigenvalue weighted by atomic mass is 35.5. The molecule has 2 aromatic heterocycles. The van der Waals surface area contributed by atoms with Gasteiger partial charge in [0.05, 0.1) is 5.39 Å². The molecule has 1 N–H and O–H groups in total. The maximum Gasteiger partial charge on any atom is 0.150 e. The molecule has 0 aliphatic heterocycles. The molecular formula is C24H25ClN4. The summed E-state index contributed by atoms with van der Waals surface area (Å²) in [7, 11) is 0. The first-order valence-electron chi connectivity index (χ1n) is 9.90. The fourth-order valence-electron chi connectivity index (χ4n) is 3.32. The molecule has 0 unspecified atom stereocenters. The van der Waals surface area contributed by atoms with Gasteiger partial charge in [0.15, 0.2) is 5.65 Å². The molecule has 0 saturated carbocycles. The Kier molecular flexibility index (Phi) is 5.29. The molecule has 4 nitrogen and oxygen atoms in total. The summed E-state index contributed by atoms with van der Waals surface area (Å²) in [6.07, 6.45) is 3.75. The van der Waals surface area contributed by atoms with Crippen LogP contribution in [0.2, 0.25) is 5.02 Å². The van der Waals surface area contributed by atoms with Gasteiger partial charge in [0, 0.05) is 28.5 Å². The molecule has 2 aromatic carbocycles. The van der Waals surface area contributed by atoms with Gasteiger partial charge in [0.2, 0.25) is 0 Å². The Morgan fingerprint density at radius 1 is 1.00 bits per heavy atom. The number of nitrogens with zero attached hydrogens (tertiary/aromatic N) is 3. The number of anilines is 1. The van der Waals surface area contributed by atoms with Gasteiger partial charge in [-0.05, 0) is 43.0 Å². The van der Waals surface area contributed by atoms with Crippen molar-refractivity contribution in [2.24, 2.45) is 5.92 Å². The third-order valence-electron chi connectivity index (χ3n) is 5.47. The van der Waals surface area contributed by atoms with Crippen molar-refractivity contribution in [3.63, 3.8) is 0 Å². The van der Waals surface area contributed by atoms with E-state index in [1.54, 1.807) is 6.33 Å². The third-order valence-corrected chi connectivity index (χ3v) is 5.87. The van der Waals surface area contributed by atoms with Crippen molar-refractivity contribution in [2.75, 3.05) is 5.32 Å². The number of aryl methyl sites for hydroxylation is 1. The van der Waals surface area contributed by atoms with Gasteiger partial charge in [-0.3, -0.25) is 0 Å². The first-order chi connectivity index (χ1) is 14.0. The van der Waals surface area contributed by atoms with Gasteiger partial charge in [-0.1, -0.05) is 61.8 Å². The smallest absolute Gasteiger partial charge is 0.150 e. The molecule has 0 fully saturated rings. The van der Waals surface area contributed by atoms with Crippen LogP contribution in [-0.2, 0) is 0 Å². The van der Waals surface area contributed by atoms with Crippen LogP contribution >= 0.6 is 11.6 Å². The van der Waals surface area contributed by atoms with Crippen molar-refractivity contribution >= 4 is 28.5 Å². The van der Waals surface area contributed by atoms with Crippen molar-refractivity contribution in [1.82, 2.24) is 14.5 Å². The van der Waals surface area contributed by atoms with E-state index in [1.165, 1.54) is 0 Å². The van der Waals surface area contributed by atoms with Crippen molar-refractivity contribution in [3.05, 3.63) is 71.6 Å². The number of halogens is 1. The van der Waals surface area contributed by atoms with E-state index >= 15 is 0 Å². The highest BCUT2D eigenvalue weighted by Crippen LogP contribution is 2.36. The van der Waals surface area contributed by atoms with Gasteiger partial charge >= 0.3 is 0 Å². The van der Waals surface area contributed by atoms with Crippen LogP contribution in [0.4, 0.5) is 5.82 Å². The number of aromatic nitrogens is 3. The number of benzene rings is 2. The van der Waals surface area contributed by atoms with Gasteiger partial charge in [-0.2, -0.15) is 0 Å². The molecule has 0 aliphatic rings. The predicted octanol–water partition coefficient (Wildman–Crippen LogP) is 6.51. The molecule has 0 aliphatic carbocycles. The highest BCUT2D eigenvalue weighted by molar-refractivity contribution is 6.31. The molecule has 4 aromatic rings. The van der Waals surface area contributed by atoms with Crippen molar-refractivity contribution in [2.45, 2.75) is 33.7 Å². The van der Waals surface area contributed by atoms with Crippen molar-refractivity contribution in [3.8, 4) is 16.8 Å². The van der Waals surface area contributed by atoms with Crippen LogP contribution in [0.3, 0.4) is 0 Å². The molecule has 0 radical (unpaired) electrons. The summed E-state index contributed by atoms with van der Waals surface area (Å²) in [6, 6.07) is 16.7. The van der Waals surface area contributed by atoms with Crippen molar-refractivity contribution < 1.29 is 0 Å². The fourth-order valence-corrected chi connectivity index (χ4v) is 3.49. The second kappa shape index (κ2) is 7.88. The molecule has 148 valence electrons. The molecule has 1 atom stereocenters. The largest absolute Gasteiger partial charge is 0.367 e. The van der Waals surface area contributed by atoms with Crippen LogP contribution in [0.1, 0.15) is 26.3 Å². The van der Waals surface area contributed by atoms with Gasteiger partial charge < -0.3 is 9.88 Å². The van der Waals surface area contributed by atoms with Gasteiger partial charge in [0.25, 0.3) is 0 Å². The molecule has 5 heteroatoms. The van der Waals surface area contributed by atoms with Crippen LogP contribution in [0, 0.1) is 12.8 Å². The van der Waals surface area contributed by atoms with E-state index in [9.17, 15) is 0 Å². The summed E-state index contributed by atoms with van der Waals surface area (Å²) in [6.45, 7) is 8.59. The number of rotatable bonds is 5. The lowest BCUT2D eigenvalue weighted by atomic mass is 10.0. The second-order valence-electron chi connectivity index (χ2n) is 7.81. The Morgan fingerprint density at radius 2 is 1.76 bits per heavy atom. The average molecular weight is 405 g/mol. The zero-order chi connectivity index (χ0) is 20.5. The van der Waals surface area contributed by atoms with E-state index in [2.05, 4.69) is 77.2 Å². The summed E-state index contributed by atoms with van der Waals surface area (Å²) in [5, 5.41) is 5.35. The number of hydrogen-bond donors (Lipinski definition) is 1. The third kappa shape index (κ3) is 3.73. The Hall–Kier alpha value is -2.85.